The lowest BCUT2D eigenvalue weighted by molar-refractivity contribution is 0.569. The van der Waals surface area contributed by atoms with Crippen LogP contribution in [0.2, 0.25) is 5.15 Å². The number of aryl methyl sites for hydroxylation is 1. The number of hydrogen-bond donors (Lipinski definition) is 1. The Bertz CT molecular complexity index is 543. The molecule has 0 aliphatic carbocycles. The van der Waals surface area contributed by atoms with Crippen molar-refractivity contribution >= 4 is 28.6 Å². The van der Waals surface area contributed by atoms with Crippen molar-refractivity contribution in [2.24, 2.45) is 0 Å². The third-order valence-corrected chi connectivity index (χ3v) is 3.49. The summed E-state index contributed by atoms with van der Waals surface area (Å²) in [6, 6.07) is 1.98. The van der Waals surface area contributed by atoms with Crippen LogP contribution >= 0.6 is 11.6 Å². The molecule has 0 radical (unpaired) electrons. The number of anilines is 1. The van der Waals surface area contributed by atoms with E-state index in [1.807, 2.05) is 13.0 Å². The average molecular weight is 251 g/mol. The van der Waals surface area contributed by atoms with Crippen molar-refractivity contribution in [1.29, 1.82) is 0 Å². The Balaban J connectivity index is 2.04. The highest BCUT2D eigenvalue weighted by Gasteiger charge is 2.16. The highest BCUT2D eigenvalue weighted by Crippen LogP contribution is 2.25. The summed E-state index contributed by atoms with van der Waals surface area (Å²) in [5, 5.41) is 1.45. The second-order valence-corrected chi connectivity index (χ2v) is 4.93. The maximum atomic E-state index is 6.20. The first-order valence-electron chi connectivity index (χ1n) is 6.02. The molecule has 0 saturated carbocycles. The topological polar surface area (TPSA) is 44.8 Å². The number of halogens is 1. The molecule has 0 aromatic carbocycles. The van der Waals surface area contributed by atoms with Crippen LogP contribution in [0, 0.1) is 6.92 Å². The van der Waals surface area contributed by atoms with E-state index in [1.54, 1.807) is 0 Å². The Hall–Kier alpha value is -1.29. The number of H-pyrrole nitrogens is 1. The SMILES string of the molecule is Cc1cc2c(Cl)nc(N3CCCCC3)nc2[nH]1. The highest BCUT2D eigenvalue weighted by molar-refractivity contribution is 6.34. The van der Waals surface area contributed by atoms with E-state index in [0.29, 0.717) is 5.15 Å². The second-order valence-electron chi connectivity index (χ2n) is 4.58. The number of nitrogens with zero attached hydrogens (tertiary/aromatic N) is 3. The van der Waals surface area contributed by atoms with Gasteiger partial charge in [0.1, 0.15) is 10.8 Å². The van der Waals surface area contributed by atoms with Gasteiger partial charge in [-0.15, -0.1) is 0 Å². The van der Waals surface area contributed by atoms with E-state index < -0.39 is 0 Å². The Kier molecular flexibility index (Phi) is 2.67. The number of nitrogens with one attached hydrogen (secondary N) is 1. The summed E-state index contributed by atoms with van der Waals surface area (Å²) in [5.74, 6) is 0.754. The fraction of sp³-hybridized carbons (Fsp3) is 0.500. The zero-order chi connectivity index (χ0) is 11.8. The maximum absolute atomic E-state index is 6.20. The molecule has 2 aromatic rings. The van der Waals surface area contributed by atoms with Gasteiger partial charge < -0.3 is 9.88 Å². The van der Waals surface area contributed by atoms with Crippen LogP contribution in [0.25, 0.3) is 11.0 Å². The van der Waals surface area contributed by atoms with Crippen LogP contribution in [0.4, 0.5) is 5.95 Å². The van der Waals surface area contributed by atoms with Crippen molar-refractivity contribution in [2.45, 2.75) is 26.2 Å². The van der Waals surface area contributed by atoms with Crippen LogP contribution in [0.15, 0.2) is 6.07 Å². The number of fused-ring (bicyclic) bond motifs is 1. The van der Waals surface area contributed by atoms with E-state index in [9.17, 15) is 0 Å². The summed E-state index contributed by atoms with van der Waals surface area (Å²) in [7, 11) is 0. The Morgan fingerprint density at radius 2 is 2.00 bits per heavy atom. The Morgan fingerprint density at radius 1 is 1.24 bits per heavy atom. The van der Waals surface area contributed by atoms with E-state index in [2.05, 4.69) is 19.9 Å². The minimum Gasteiger partial charge on any atom is -0.343 e. The van der Waals surface area contributed by atoms with Crippen LogP contribution in [0.5, 0.6) is 0 Å². The summed E-state index contributed by atoms with van der Waals surface area (Å²) >= 11 is 6.20. The lowest BCUT2D eigenvalue weighted by Crippen LogP contribution is -2.31. The van der Waals surface area contributed by atoms with Gasteiger partial charge in [0.15, 0.2) is 0 Å². The van der Waals surface area contributed by atoms with E-state index in [-0.39, 0.29) is 0 Å². The van der Waals surface area contributed by atoms with Crippen molar-refractivity contribution in [3.05, 3.63) is 16.9 Å². The van der Waals surface area contributed by atoms with Gasteiger partial charge in [-0.3, -0.25) is 0 Å². The molecular weight excluding hydrogens is 236 g/mol. The quantitative estimate of drug-likeness (QED) is 0.792. The van der Waals surface area contributed by atoms with E-state index in [0.717, 1.165) is 35.8 Å². The lowest BCUT2D eigenvalue weighted by Gasteiger charge is -2.26. The van der Waals surface area contributed by atoms with Crippen LogP contribution in [0.3, 0.4) is 0 Å². The fourth-order valence-electron chi connectivity index (χ4n) is 2.33. The van der Waals surface area contributed by atoms with Crippen molar-refractivity contribution in [3.8, 4) is 0 Å². The molecule has 0 spiro atoms. The third kappa shape index (κ3) is 1.97. The van der Waals surface area contributed by atoms with Crippen LogP contribution < -0.4 is 4.90 Å². The molecule has 0 amide bonds. The molecule has 1 N–H and O–H groups in total. The zero-order valence-electron chi connectivity index (χ0n) is 9.83. The van der Waals surface area contributed by atoms with Crippen molar-refractivity contribution in [3.63, 3.8) is 0 Å². The molecule has 2 aromatic heterocycles. The largest absolute Gasteiger partial charge is 0.343 e. The first-order chi connectivity index (χ1) is 8.24. The number of hydrogen-bond acceptors (Lipinski definition) is 3. The van der Waals surface area contributed by atoms with Gasteiger partial charge in [-0.1, -0.05) is 11.6 Å². The smallest absolute Gasteiger partial charge is 0.228 e. The monoisotopic (exact) mass is 250 g/mol. The van der Waals surface area contributed by atoms with Crippen molar-refractivity contribution in [2.75, 3.05) is 18.0 Å². The van der Waals surface area contributed by atoms with Gasteiger partial charge in [-0.2, -0.15) is 4.98 Å². The van der Waals surface area contributed by atoms with Gasteiger partial charge in [0.25, 0.3) is 0 Å². The zero-order valence-corrected chi connectivity index (χ0v) is 10.6. The molecular formula is C12H15ClN4. The first-order valence-corrected chi connectivity index (χ1v) is 6.39. The molecule has 0 atom stereocenters. The number of aromatic amines is 1. The highest BCUT2D eigenvalue weighted by atomic mass is 35.5. The maximum Gasteiger partial charge on any atom is 0.228 e. The third-order valence-electron chi connectivity index (χ3n) is 3.20. The van der Waals surface area contributed by atoms with Crippen molar-refractivity contribution < 1.29 is 0 Å². The minimum atomic E-state index is 0.542. The average Bonchev–Trinajstić information content (AvgIpc) is 2.71. The molecule has 0 unspecified atom stereocenters. The summed E-state index contributed by atoms with van der Waals surface area (Å²) in [4.78, 5) is 14.4. The number of piperidine rings is 1. The second kappa shape index (κ2) is 4.18. The predicted molar refractivity (Wildman–Crippen MR) is 69.7 cm³/mol. The minimum absolute atomic E-state index is 0.542. The molecule has 1 saturated heterocycles. The Labute approximate surface area is 105 Å². The molecule has 1 aliphatic rings. The molecule has 4 nitrogen and oxygen atoms in total. The van der Waals surface area contributed by atoms with Gasteiger partial charge in [-0.05, 0) is 32.3 Å². The fourth-order valence-corrected chi connectivity index (χ4v) is 2.55. The molecule has 17 heavy (non-hydrogen) atoms. The van der Waals surface area contributed by atoms with E-state index in [4.69, 9.17) is 11.6 Å². The predicted octanol–water partition coefficient (Wildman–Crippen LogP) is 2.91. The van der Waals surface area contributed by atoms with Gasteiger partial charge in [-0.25, -0.2) is 4.98 Å². The van der Waals surface area contributed by atoms with E-state index in [1.165, 1.54) is 19.3 Å². The van der Waals surface area contributed by atoms with Gasteiger partial charge in [0.2, 0.25) is 5.95 Å². The number of aromatic nitrogens is 3. The number of rotatable bonds is 1. The lowest BCUT2D eigenvalue weighted by atomic mass is 10.1. The molecule has 90 valence electrons. The molecule has 1 aliphatic heterocycles. The summed E-state index contributed by atoms with van der Waals surface area (Å²) < 4.78 is 0. The standard InChI is InChI=1S/C12H15ClN4/c1-8-7-9-10(13)15-12(16-11(9)14-8)17-5-3-2-4-6-17/h7H,2-6H2,1H3,(H,14,15,16). The molecule has 3 rings (SSSR count). The summed E-state index contributed by atoms with van der Waals surface area (Å²) in [5.41, 5.74) is 1.90. The first kappa shape index (κ1) is 10.8. The molecule has 0 bridgehead atoms. The Morgan fingerprint density at radius 3 is 2.76 bits per heavy atom. The molecule has 5 heteroatoms. The van der Waals surface area contributed by atoms with Gasteiger partial charge in [0, 0.05) is 18.8 Å². The molecule has 3 heterocycles. The summed E-state index contributed by atoms with van der Waals surface area (Å²) in [6.07, 6.45) is 3.72. The van der Waals surface area contributed by atoms with E-state index >= 15 is 0 Å². The van der Waals surface area contributed by atoms with Crippen LogP contribution in [-0.4, -0.2) is 28.0 Å². The van der Waals surface area contributed by atoms with Crippen LogP contribution in [0.1, 0.15) is 25.0 Å². The van der Waals surface area contributed by atoms with Gasteiger partial charge in [0.05, 0.1) is 5.39 Å². The molecule has 1 fully saturated rings. The normalized spacial score (nSPS) is 16.7. The van der Waals surface area contributed by atoms with Crippen LogP contribution in [-0.2, 0) is 0 Å². The van der Waals surface area contributed by atoms with Crippen molar-refractivity contribution in [1.82, 2.24) is 15.0 Å². The van der Waals surface area contributed by atoms with Gasteiger partial charge >= 0.3 is 0 Å². The summed E-state index contributed by atoms with van der Waals surface area (Å²) in [6.45, 7) is 4.06.